The number of hydrogen-bond acceptors (Lipinski definition) is 2. The summed E-state index contributed by atoms with van der Waals surface area (Å²) in [5, 5.41) is 12.5. The van der Waals surface area contributed by atoms with Crippen LogP contribution in [0.5, 0.6) is 0 Å². The zero-order chi connectivity index (χ0) is 9.84. The fourth-order valence-corrected chi connectivity index (χ4v) is 1.67. The molecule has 0 fully saturated rings. The summed E-state index contributed by atoms with van der Waals surface area (Å²) < 4.78 is 2.70. The van der Waals surface area contributed by atoms with Crippen LogP contribution < -0.4 is 0 Å². The molecule has 1 aromatic heterocycles. The molecule has 72 valence electrons. The molecule has 1 heterocycles. The molecular weight excluding hydrogens is 236 g/mol. The van der Waals surface area contributed by atoms with Crippen molar-refractivity contribution >= 4 is 21.9 Å². The lowest BCUT2D eigenvalue weighted by Crippen LogP contribution is -2.01. The Bertz CT molecular complexity index is 290. The highest BCUT2D eigenvalue weighted by atomic mass is 79.9. The van der Waals surface area contributed by atoms with Crippen LogP contribution in [0, 0.1) is 0 Å². The van der Waals surface area contributed by atoms with Gasteiger partial charge in [0.2, 0.25) is 0 Å². The first kappa shape index (κ1) is 10.2. The maximum Gasteiger partial charge on any atom is 0.303 e. The van der Waals surface area contributed by atoms with E-state index >= 15 is 0 Å². The number of nitrogens with zero attached hydrogens (tertiary/aromatic N) is 2. The van der Waals surface area contributed by atoms with E-state index in [0.717, 1.165) is 16.6 Å². The molecule has 0 radical (unpaired) electrons. The van der Waals surface area contributed by atoms with Crippen molar-refractivity contribution in [1.29, 1.82) is 0 Å². The van der Waals surface area contributed by atoms with Crippen LogP contribution >= 0.6 is 15.9 Å². The van der Waals surface area contributed by atoms with E-state index in [1.165, 1.54) is 0 Å². The van der Waals surface area contributed by atoms with Gasteiger partial charge in [-0.05, 0) is 28.8 Å². The summed E-state index contributed by atoms with van der Waals surface area (Å²) in [4.78, 5) is 10.3. The Hall–Kier alpha value is -0.840. The first-order valence-electron chi connectivity index (χ1n) is 3.99. The SMILES string of the molecule is Cn1ncc(Br)c1CCCC(=O)O. The highest BCUT2D eigenvalue weighted by molar-refractivity contribution is 9.10. The summed E-state index contributed by atoms with van der Waals surface area (Å²) in [7, 11) is 1.85. The Balaban J connectivity index is 2.49. The van der Waals surface area contributed by atoms with Crippen molar-refractivity contribution in [2.75, 3.05) is 0 Å². The second-order valence-electron chi connectivity index (χ2n) is 2.81. The summed E-state index contributed by atoms with van der Waals surface area (Å²) in [5.74, 6) is -0.752. The average molecular weight is 247 g/mol. The number of aliphatic carboxylic acids is 1. The largest absolute Gasteiger partial charge is 0.481 e. The fraction of sp³-hybridized carbons (Fsp3) is 0.500. The molecular formula is C8H11BrN2O2. The van der Waals surface area contributed by atoms with Crippen LogP contribution in [0.2, 0.25) is 0 Å². The third-order valence-electron chi connectivity index (χ3n) is 1.81. The quantitative estimate of drug-likeness (QED) is 0.878. The molecule has 0 unspecified atom stereocenters. The van der Waals surface area contributed by atoms with Crippen LogP contribution in [-0.4, -0.2) is 20.9 Å². The molecule has 0 aliphatic carbocycles. The van der Waals surface area contributed by atoms with Gasteiger partial charge < -0.3 is 5.11 Å². The van der Waals surface area contributed by atoms with Gasteiger partial charge in [0.25, 0.3) is 0 Å². The maximum absolute atomic E-state index is 10.3. The Morgan fingerprint density at radius 1 is 1.77 bits per heavy atom. The zero-order valence-corrected chi connectivity index (χ0v) is 8.91. The molecule has 4 nitrogen and oxygen atoms in total. The molecule has 0 bridgehead atoms. The Kier molecular flexibility index (Phi) is 3.48. The van der Waals surface area contributed by atoms with Gasteiger partial charge in [-0.15, -0.1) is 0 Å². The molecule has 0 spiro atoms. The minimum atomic E-state index is -0.752. The third-order valence-corrected chi connectivity index (χ3v) is 2.48. The third kappa shape index (κ3) is 2.84. The number of carboxylic acids is 1. The summed E-state index contributed by atoms with van der Waals surface area (Å²) in [5.41, 5.74) is 1.04. The number of aromatic nitrogens is 2. The lowest BCUT2D eigenvalue weighted by molar-refractivity contribution is -0.137. The number of halogens is 1. The first-order valence-corrected chi connectivity index (χ1v) is 4.78. The molecule has 0 amide bonds. The molecule has 0 aliphatic heterocycles. The molecule has 0 atom stereocenters. The van der Waals surface area contributed by atoms with E-state index in [-0.39, 0.29) is 6.42 Å². The monoisotopic (exact) mass is 246 g/mol. The van der Waals surface area contributed by atoms with E-state index in [4.69, 9.17) is 5.11 Å². The fourth-order valence-electron chi connectivity index (χ4n) is 1.12. The Labute approximate surface area is 84.7 Å². The minimum absolute atomic E-state index is 0.206. The van der Waals surface area contributed by atoms with Crippen molar-refractivity contribution in [3.8, 4) is 0 Å². The van der Waals surface area contributed by atoms with Gasteiger partial charge in [-0.3, -0.25) is 9.48 Å². The summed E-state index contributed by atoms with van der Waals surface area (Å²) in [6.45, 7) is 0. The zero-order valence-electron chi connectivity index (χ0n) is 7.33. The summed E-state index contributed by atoms with van der Waals surface area (Å²) in [6, 6.07) is 0. The highest BCUT2D eigenvalue weighted by Gasteiger charge is 2.06. The van der Waals surface area contributed by atoms with Gasteiger partial charge in [-0.2, -0.15) is 5.10 Å². The first-order chi connectivity index (χ1) is 6.11. The van der Waals surface area contributed by atoms with Crippen LogP contribution in [-0.2, 0) is 18.3 Å². The van der Waals surface area contributed by atoms with Crippen LogP contribution in [0.15, 0.2) is 10.7 Å². The molecule has 0 aliphatic rings. The molecule has 1 N–H and O–H groups in total. The van der Waals surface area contributed by atoms with E-state index in [9.17, 15) is 4.79 Å². The summed E-state index contributed by atoms with van der Waals surface area (Å²) >= 11 is 3.35. The lowest BCUT2D eigenvalue weighted by Gasteiger charge is -2.00. The number of aryl methyl sites for hydroxylation is 1. The van der Waals surface area contributed by atoms with E-state index in [1.54, 1.807) is 10.9 Å². The second-order valence-corrected chi connectivity index (χ2v) is 3.66. The van der Waals surface area contributed by atoms with Crippen LogP contribution in [0.25, 0.3) is 0 Å². The van der Waals surface area contributed by atoms with E-state index in [0.29, 0.717) is 6.42 Å². The number of carbonyl (C=O) groups is 1. The maximum atomic E-state index is 10.3. The predicted molar refractivity (Wildman–Crippen MR) is 51.5 cm³/mol. The molecule has 0 saturated heterocycles. The van der Waals surface area contributed by atoms with Gasteiger partial charge in [-0.25, -0.2) is 0 Å². The van der Waals surface area contributed by atoms with Gasteiger partial charge in [0.15, 0.2) is 0 Å². The van der Waals surface area contributed by atoms with Gasteiger partial charge in [0, 0.05) is 13.5 Å². The highest BCUT2D eigenvalue weighted by Crippen LogP contribution is 2.16. The molecule has 1 rings (SSSR count). The van der Waals surface area contributed by atoms with Crippen molar-refractivity contribution in [3.63, 3.8) is 0 Å². The minimum Gasteiger partial charge on any atom is -0.481 e. The molecule has 1 aromatic rings. The van der Waals surface area contributed by atoms with Crippen molar-refractivity contribution in [2.45, 2.75) is 19.3 Å². The Morgan fingerprint density at radius 3 is 2.92 bits per heavy atom. The normalized spacial score (nSPS) is 10.3. The molecule has 13 heavy (non-hydrogen) atoms. The lowest BCUT2D eigenvalue weighted by atomic mass is 10.2. The van der Waals surface area contributed by atoms with E-state index in [2.05, 4.69) is 21.0 Å². The Morgan fingerprint density at radius 2 is 2.46 bits per heavy atom. The van der Waals surface area contributed by atoms with E-state index < -0.39 is 5.97 Å². The van der Waals surface area contributed by atoms with Crippen LogP contribution in [0.4, 0.5) is 0 Å². The molecule has 0 saturated carbocycles. The van der Waals surface area contributed by atoms with Crippen LogP contribution in [0.3, 0.4) is 0 Å². The van der Waals surface area contributed by atoms with Gasteiger partial charge in [-0.1, -0.05) is 0 Å². The number of rotatable bonds is 4. The smallest absolute Gasteiger partial charge is 0.303 e. The van der Waals surface area contributed by atoms with Crippen LogP contribution in [0.1, 0.15) is 18.5 Å². The number of hydrogen-bond donors (Lipinski definition) is 1. The molecule has 5 heteroatoms. The second kappa shape index (κ2) is 4.41. The topological polar surface area (TPSA) is 55.1 Å². The van der Waals surface area contributed by atoms with Crippen molar-refractivity contribution in [1.82, 2.24) is 9.78 Å². The average Bonchev–Trinajstić information content (AvgIpc) is 2.34. The van der Waals surface area contributed by atoms with Gasteiger partial charge in [0.05, 0.1) is 16.4 Å². The van der Waals surface area contributed by atoms with Crippen molar-refractivity contribution in [2.24, 2.45) is 7.05 Å². The summed E-state index contributed by atoms with van der Waals surface area (Å²) in [6.07, 6.45) is 3.31. The standard InChI is InChI=1S/C8H11BrN2O2/c1-11-7(6(9)5-10-11)3-2-4-8(12)13/h5H,2-4H2,1H3,(H,12,13). The van der Waals surface area contributed by atoms with Crippen molar-refractivity contribution < 1.29 is 9.90 Å². The van der Waals surface area contributed by atoms with Gasteiger partial charge in [0.1, 0.15) is 0 Å². The van der Waals surface area contributed by atoms with E-state index in [1.807, 2.05) is 7.05 Å². The predicted octanol–water partition coefficient (Wildman–Crippen LogP) is 1.59. The van der Waals surface area contributed by atoms with Crippen molar-refractivity contribution in [3.05, 3.63) is 16.4 Å². The van der Waals surface area contributed by atoms with Gasteiger partial charge >= 0.3 is 5.97 Å². The molecule has 0 aromatic carbocycles. The number of carboxylic acid groups (broad SMARTS) is 1.